The van der Waals surface area contributed by atoms with Crippen LogP contribution in [0.4, 0.5) is 0 Å². The largest absolute Gasteiger partial charge is 0.411 e. The maximum absolute atomic E-state index is 11.8. The maximum atomic E-state index is 11.8. The first-order valence-electron chi connectivity index (χ1n) is 7.53. The zero-order chi connectivity index (χ0) is 18.4. The quantitative estimate of drug-likeness (QED) is 0.745. The van der Waals surface area contributed by atoms with Gasteiger partial charge in [-0.25, -0.2) is 0 Å². The molecule has 134 valence electrons. The molecule has 0 aliphatic carbocycles. The minimum absolute atomic E-state index is 0.0729. The zero-order valence-electron chi connectivity index (χ0n) is 14.1. The lowest BCUT2D eigenvalue weighted by Gasteiger charge is -2.20. The second-order valence-corrected chi connectivity index (χ2v) is 7.61. The smallest absolute Gasteiger partial charge is 0.277 e. The normalized spacial score (nSPS) is 11.2. The molecule has 0 spiro atoms. The predicted molar refractivity (Wildman–Crippen MR) is 96.4 cm³/mol. The fraction of sp³-hybridized carbons (Fsp3) is 0.375. The Morgan fingerprint density at radius 1 is 1.16 bits per heavy atom. The van der Waals surface area contributed by atoms with Crippen LogP contribution < -0.4 is 10.6 Å². The lowest BCUT2D eigenvalue weighted by atomic mass is 10.1. The SMILES string of the molecule is CC(C)(C)NC(=O)CNC(=O)CSc1nnc(-c2ccc(Cl)cc2)o1. The minimum Gasteiger partial charge on any atom is -0.411 e. The first-order chi connectivity index (χ1) is 11.7. The number of nitrogens with one attached hydrogen (secondary N) is 2. The third-order valence-electron chi connectivity index (χ3n) is 2.78. The number of carbonyl (C=O) groups excluding carboxylic acids is 2. The molecule has 2 amide bonds. The van der Waals surface area contributed by atoms with Crippen LogP contribution in [0.1, 0.15) is 20.8 Å². The molecule has 1 aromatic carbocycles. The summed E-state index contributed by atoms with van der Waals surface area (Å²) < 4.78 is 5.49. The number of rotatable bonds is 6. The van der Waals surface area contributed by atoms with E-state index < -0.39 is 0 Å². The highest BCUT2D eigenvalue weighted by atomic mass is 35.5. The van der Waals surface area contributed by atoms with Gasteiger partial charge in [0.1, 0.15) is 0 Å². The summed E-state index contributed by atoms with van der Waals surface area (Å²) in [7, 11) is 0. The molecule has 0 radical (unpaired) electrons. The van der Waals surface area contributed by atoms with Crippen LogP contribution in [0.3, 0.4) is 0 Å². The molecule has 1 heterocycles. The third kappa shape index (κ3) is 6.75. The molecule has 2 aromatic rings. The van der Waals surface area contributed by atoms with E-state index in [4.69, 9.17) is 16.0 Å². The van der Waals surface area contributed by atoms with Gasteiger partial charge in [0.25, 0.3) is 5.22 Å². The van der Waals surface area contributed by atoms with E-state index in [1.165, 1.54) is 0 Å². The van der Waals surface area contributed by atoms with Crippen molar-refractivity contribution in [2.75, 3.05) is 12.3 Å². The molecular formula is C16H19ClN4O3S. The number of halogens is 1. The average Bonchev–Trinajstić information content (AvgIpc) is 2.99. The Hall–Kier alpha value is -2.06. The maximum Gasteiger partial charge on any atom is 0.277 e. The molecular weight excluding hydrogens is 364 g/mol. The van der Waals surface area contributed by atoms with Crippen LogP contribution in [0, 0.1) is 0 Å². The number of nitrogens with zero attached hydrogens (tertiary/aromatic N) is 2. The standard InChI is InChI=1S/C16H19ClN4O3S/c1-16(2,3)19-12(22)8-18-13(23)9-25-15-21-20-14(24-15)10-4-6-11(17)7-5-10/h4-7H,8-9H2,1-3H3,(H,18,23)(H,19,22). The van der Waals surface area contributed by atoms with Gasteiger partial charge in [0.2, 0.25) is 17.7 Å². The third-order valence-corrected chi connectivity index (χ3v) is 3.86. The van der Waals surface area contributed by atoms with Crippen LogP contribution in [0.25, 0.3) is 11.5 Å². The molecule has 0 bridgehead atoms. The van der Waals surface area contributed by atoms with Crippen molar-refractivity contribution in [2.45, 2.75) is 31.5 Å². The fourth-order valence-corrected chi connectivity index (χ4v) is 2.52. The van der Waals surface area contributed by atoms with E-state index in [2.05, 4.69) is 20.8 Å². The Labute approximate surface area is 154 Å². The summed E-state index contributed by atoms with van der Waals surface area (Å²) in [5, 5.41) is 14.0. The van der Waals surface area contributed by atoms with Gasteiger partial charge in [-0.1, -0.05) is 23.4 Å². The second kappa shape index (κ2) is 8.35. The average molecular weight is 383 g/mol. The monoisotopic (exact) mass is 382 g/mol. The van der Waals surface area contributed by atoms with Crippen LogP contribution in [-0.2, 0) is 9.59 Å². The number of aromatic nitrogens is 2. The highest BCUT2D eigenvalue weighted by Gasteiger charge is 2.15. The van der Waals surface area contributed by atoms with Crippen molar-refractivity contribution >= 4 is 35.2 Å². The summed E-state index contributed by atoms with van der Waals surface area (Å²) in [6.07, 6.45) is 0. The number of hydrogen-bond donors (Lipinski definition) is 2. The van der Waals surface area contributed by atoms with Crippen molar-refractivity contribution in [2.24, 2.45) is 0 Å². The van der Waals surface area contributed by atoms with E-state index in [9.17, 15) is 9.59 Å². The summed E-state index contributed by atoms with van der Waals surface area (Å²) in [6.45, 7) is 5.54. The lowest BCUT2D eigenvalue weighted by Crippen LogP contribution is -2.46. The Kier molecular flexibility index (Phi) is 6.44. The Morgan fingerprint density at radius 3 is 2.48 bits per heavy atom. The van der Waals surface area contributed by atoms with E-state index in [-0.39, 0.29) is 34.9 Å². The Balaban J connectivity index is 1.79. The van der Waals surface area contributed by atoms with E-state index in [0.29, 0.717) is 10.9 Å². The van der Waals surface area contributed by atoms with Crippen molar-refractivity contribution in [3.8, 4) is 11.5 Å². The van der Waals surface area contributed by atoms with Gasteiger partial charge in [0.05, 0.1) is 12.3 Å². The molecule has 2 rings (SSSR count). The molecule has 0 saturated heterocycles. The first-order valence-corrected chi connectivity index (χ1v) is 8.89. The van der Waals surface area contributed by atoms with Gasteiger partial charge in [-0.15, -0.1) is 10.2 Å². The summed E-state index contributed by atoms with van der Waals surface area (Å²) in [5.74, 6) is -0.108. The van der Waals surface area contributed by atoms with Crippen molar-refractivity contribution in [3.05, 3.63) is 29.3 Å². The molecule has 0 saturated carbocycles. The summed E-state index contributed by atoms with van der Waals surface area (Å²) in [6, 6.07) is 6.99. The van der Waals surface area contributed by atoms with Crippen molar-refractivity contribution in [3.63, 3.8) is 0 Å². The summed E-state index contributed by atoms with van der Waals surface area (Å²) >= 11 is 6.93. The second-order valence-electron chi connectivity index (χ2n) is 6.24. The molecule has 0 aliphatic rings. The number of amides is 2. The van der Waals surface area contributed by atoms with Gasteiger partial charge >= 0.3 is 0 Å². The molecule has 0 fully saturated rings. The van der Waals surface area contributed by atoms with Crippen molar-refractivity contribution in [1.29, 1.82) is 0 Å². The van der Waals surface area contributed by atoms with Crippen LogP contribution in [-0.4, -0.2) is 39.8 Å². The molecule has 0 unspecified atom stereocenters. The lowest BCUT2D eigenvalue weighted by molar-refractivity contribution is -0.125. The van der Waals surface area contributed by atoms with Gasteiger partial charge < -0.3 is 15.1 Å². The molecule has 0 aliphatic heterocycles. The van der Waals surface area contributed by atoms with Crippen LogP contribution in [0.5, 0.6) is 0 Å². The van der Waals surface area contributed by atoms with Crippen LogP contribution in [0.15, 0.2) is 33.9 Å². The molecule has 1 aromatic heterocycles. The number of hydrogen-bond acceptors (Lipinski definition) is 6. The van der Waals surface area contributed by atoms with Crippen molar-refractivity contribution in [1.82, 2.24) is 20.8 Å². The molecule has 25 heavy (non-hydrogen) atoms. The van der Waals surface area contributed by atoms with Gasteiger partial charge in [-0.3, -0.25) is 9.59 Å². The summed E-state index contributed by atoms with van der Waals surface area (Å²) in [5.41, 5.74) is 0.408. The van der Waals surface area contributed by atoms with Crippen LogP contribution in [0.2, 0.25) is 5.02 Å². The highest BCUT2D eigenvalue weighted by molar-refractivity contribution is 7.99. The highest BCUT2D eigenvalue weighted by Crippen LogP contribution is 2.24. The van der Waals surface area contributed by atoms with E-state index in [1.54, 1.807) is 24.3 Å². The summed E-state index contributed by atoms with van der Waals surface area (Å²) in [4.78, 5) is 23.4. The minimum atomic E-state index is -0.335. The van der Waals surface area contributed by atoms with E-state index >= 15 is 0 Å². The fourth-order valence-electron chi connectivity index (χ4n) is 1.80. The molecule has 0 atom stereocenters. The van der Waals surface area contributed by atoms with E-state index in [1.807, 2.05) is 20.8 Å². The Morgan fingerprint density at radius 2 is 1.84 bits per heavy atom. The Bertz CT molecular complexity index is 741. The molecule has 7 nitrogen and oxygen atoms in total. The molecule has 9 heteroatoms. The zero-order valence-corrected chi connectivity index (χ0v) is 15.7. The topological polar surface area (TPSA) is 97.1 Å². The molecule has 2 N–H and O–H groups in total. The van der Waals surface area contributed by atoms with E-state index in [0.717, 1.165) is 17.3 Å². The van der Waals surface area contributed by atoms with Gasteiger partial charge in [-0.2, -0.15) is 0 Å². The number of benzene rings is 1. The number of thioether (sulfide) groups is 1. The van der Waals surface area contributed by atoms with Crippen molar-refractivity contribution < 1.29 is 14.0 Å². The van der Waals surface area contributed by atoms with Gasteiger partial charge in [0.15, 0.2) is 0 Å². The van der Waals surface area contributed by atoms with Gasteiger partial charge in [0, 0.05) is 16.1 Å². The van der Waals surface area contributed by atoms with Gasteiger partial charge in [-0.05, 0) is 45.0 Å². The first kappa shape index (κ1) is 19.3. The van der Waals surface area contributed by atoms with Crippen LogP contribution >= 0.6 is 23.4 Å². The predicted octanol–water partition coefficient (Wildman–Crippen LogP) is 2.51. The number of carbonyl (C=O) groups is 2.